The first-order valence-electron chi connectivity index (χ1n) is 10.4. The summed E-state index contributed by atoms with van der Waals surface area (Å²) < 4.78 is 17.5. The molecule has 0 unspecified atom stereocenters. The topological polar surface area (TPSA) is 102 Å². The van der Waals surface area contributed by atoms with E-state index in [1.807, 2.05) is 40.8 Å². The molecule has 0 radical (unpaired) electrons. The summed E-state index contributed by atoms with van der Waals surface area (Å²) >= 11 is 0. The van der Waals surface area contributed by atoms with Crippen LogP contribution in [0.4, 0.5) is 10.2 Å². The molecular weight excluding hydrogens is 407 g/mol. The van der Waals surface area contributed by atoms with Gasteiger partial charge in [-0.25, -0.2) is 19.3 Å². The second-order valence-electron chi connectivity index (χ2n) is 8.12. The van der Waals surface area contributed by atoms with Crippen LogP contribution in [0.3, 0.4) is 0 Å². The molecule has 1 aliphatic rings. The van der Waals surface area contributed by atoms with E-state index in [2.05, 4.69) is 19.9 Å². The Hall–Kier alpha value is -3.91. The van der Waals surface area contributed by atoms with Gasteiger partial charge >= 0.3 is 0 Å². The summed E-state index contributed by atoms with van der Waals surface area (Å²) in [5.41, 5.74) is 9.09. The smallest absolute Gasteiger partial charge is 0.158 e. The number of hydrogen-bond acceptors (Lipinski definition) is 6. The van der Waals surface area contributed by atoms with E-state index in [9.17, 15) is 5.11 Å². The van der Waals surface area contributed by atoms with Crippen molar-refractivity contribution in [2.24, 2.45) is 0 Å². The van der Waals surface area contributed by atoms with Crippen molar-refractivity contribution in [1.82, 2.24) is 24.3 Å². The minimum absolute atomic E-state index is 0.145. The molecule has 32 heavy (non-hydrogen) atoms. The predicted molar refractivity (Wildman–Crippen MR) is 119 cm³/mol. The molecular formula is C24H19FN6O. The summed E-state index contributed by atoms with van der Waals surface area (Å²) in [5.74, 6) is 0.756. The van der Waals surface area contributed by atoms with Gasteiger partial charge in [0.15, 0.2) is 5.82 Å². The third-order valence-corrected chi connectivity index (χ3v) is 6.06. The molecule has 1 saturated carbocycles. The van der Waals surface area contributed by atoms with Crippen LogP contribution in [0.5, 0.6) is 0 Å². The predicted octanol–water partition coefficient (Wildman–Crippen LogP) is 3.97. The van der Waals surface area contributed by atoms with Gasteiger partial charge in [0.05, 0.1) is 29.4 Å². The molecule has 8 heteroatoms. The fraction of sp³-hybridized carbons (Fsp3) is 0.167. The van der Waals surface area contributed by atoms with E-state index in [1.54, 1.807) is 24.7 Å². The number of halogens is 1. The number of imidazole rings is 1. The lowest BCUT2D eigenvalue weighted by Gasteiger charge is -2.30. The van der Waals surface area contributed by atoms with Gasteiger partial charge in [0, 0.05) is 29.3 Å². The van der Waals surface area contributed by atoms with Crippen LogP contribution in [0.2, 0.25) is 0 Å². The van der Waals surface area contributed by atoms with Crippen molar-refractivity contribution in [3.63, 3.8) is 0 Å². The molecule has 0 atom stereocenters. The van der Waals surface area contributed by atoms with E-state index in [1.165, 1.54) is 0 Å². The van der Waals surface area contributed by atoms with Gasteiger partial charge < -0.3 is 10.8 Å². The fourth-order valence-corrected chi connectivity index (χ4v) is 4.28. The molecule has 1 aliphatic carbocycles. The van der Waals surface area contributed by atoms with Crippen LogP contribution < -0.4 is 5.73 Å². The SMILES string of the molecule is Nc1nc(-c2ccc3ccc(-c4ccccn4)nc3c2F)cn2c(C3CC(O)C3)ncc12. The van der Waals surface area contributed by atoms with Gasteiger partial charge in [-0.1, -0.05) is 18.2 Å². The normalized spacial score (nSPS) is 18.2. The quantitative estimate of drug-likeness (QED) is 0.453. The van der Waals surface area contributed by atoms with Crippen LogP contribution in [0.15, 0.2) is 61.1 Å². The Balaban J connectivity index is 1.50. The molecule has 158 valence electrons. The van der Waals surface area contributed by atoms with Gasteiger partial charge in [0.2, 0.25) is 0 Å². The van der Waals surface area contributed by atoms with Crippen molar-refractivity contribution in [1.29, 1.82) is 0 Å². The number of anilines is 1. The van der Waals surface area contributed by atoms with Crippen LogP contribution in [0.1, 0.15) is 24.6 Å². The molecule has 0 spiro atoms. The number of aliphatic hydroxyl groups is 1. The Kier molecular flexibility index (Phi) is 4.16. The zero-order chi connectivity index (χ0) is 21.8. The number of aliphatic hydroxyl groups excluding tert-OH is 1. The van der Waals surface area contributed by atoms with Gasteiger partial charge in [-0.3, -0.25) is 9.38 Å². The standard InChI is InChI=1S/C24H19FN6O/c25-21-16(6-4-13-5-7-18(29-22(13)21)17-3-1-2-8-27-17)19-12-31-20(23(26)30-19)11-28-24(31)14-9-15(32)10-14/h1-8,11-12,14-15,32H,9-10H2,(H2,26,30). The maximum absolute atomic E-state index is 15.7. The lowest BCUT2D eigenvalue weighted by atomic mass is 9.82. The molecule has 3 N–H and O–H groups in total. The first kappa shape index (κ1) is 18.8. The summed E-state index contributed by atoms with van der Waals surface area (Å²) in [6.45, 7) is 0. The highest BCUT2D eigenvalue weighted by Crippen LogP contribution is 2.37. The van der Waals surface area contributed by atoms with Crippen molar-refractivity contribution in [3.8, 4) is 22.6 Å². The van der Waals surface area contributed by atoms with E-state index in [0.29, 0.717) is 46.4 Å². The van der Waals surface area contributed by atoms with E-state index >= 15 is 4.39 Å². The first-order valence-corrected chi connectivity index (χ1v) is 10.4. The average Bonchev–Trinajstić information content (AvgIpc) is 3.22. The summed E-state index contributed by atoms with van der Waals surface area (Å²) in [4.78, 5) is 17.8. The Morgan fingerprint density at radius 2 is 1.81 bits per heavy atom. The van der Waals surface area contributed by atoms with Crippen molar-refractivity contribution in [2.75, 3.05) is 5.73 Å². The molecule has 0 saturated heterocycles. The van der Waals surface area contributed by atoms with Crippen LogP contribution in [-0.2, 0) is 0 Å². The Bertz CT molecular complexity index is 1480. The molecule has 5 aromatic rings. The number of nitrogens with two attached hydrogens (primary N) is 1. The number of nitrogens with zero attached hydrogens (tertiary/aromatic N) is 5. The fourth-order valence-electron chi connectivity index (χ4n) is 4.28. The summed E-state index contributed by atoms with van der Waals surface area (Å²) in [6.07, 6.45) is 6.11. The Morgan fingerprint density at radius 3 is 2.59 bits per heavy atom. The second-order valence-corrected chi connectivity index (χ2v) is 8.12. The van der Waals surface area contributed by atoms with Gasteiger partial charge in [-0.2, -0.15) is 0 Å². The van der Waals surface area contributed by atoms with E-state index in [-0.39, 0.29) is 23.4 Å². The van der Waals surface area contributed by atoms with Crippen molar-refractivity contribution in [3.05, 3.63) is 72.7 Å². The van der Waals surface area contributed by atoms with Crippen LogP contribution in [-0.4, -0.2) is 35.5 Å². The number of pyridine rings is 2. The minimum atomic E-state index is -0.465. The van der Waals surface area contributed by atoms with Gasteiger partial charge in [0.1, 0.15) is 22.7 Å². The number of rotatable bonds is 3. The van der Waals surface area contributed by atoms with E-state index in [4.69, 9.17) is 5.73 Å². The lowest BCUT2D eigenvalue weighted by Crippen LogP contribution is -2.28. The molecule has 1 aromatic carbocycles. The Labute approximate surface area is 182 Å². The zero-order valence-corrected chi connectivity index (χ0v) is 17.0. The molecule has 4 heterocycles. The third kappa shape index (κ3) is 2.91. The highest BCUT2D eigenvalue weighted by molar-refractivity contribution is 5.86. The van der Waals surface area contributed by atoms with Crippen molar-refractivity contribution >= 4 is 22.2 Å². The number of nitrogen functional groups attached to an aromatic ring is 1. The van der Waals surface area contributed by atoms with Gasteiger partial charge in [-0.05, 0) is 37.1 Å². The molecule has 6 rings (SSSR count). The Morgan fingerprint density at radius 1 is 0.969 bits per heavy atom. The summed E-state index contributed by atoms with van der Waals surface area (Å²) in [5, 5.41) is 10.4. The molecule has 0 aliphatic heterocycles. The highest BCUT2D eigenvalue weighted by atomic mass is 19.1. The molecule has 1 fully saturated rings. The van der Waals surface area contributed by atoms with E-state index in [0.717, 1.165) is 5.82 Å². The largest absolute Gasteiger partial charge is 0.393 e. The summed E-state index contributed by atoms with van der Waals surface area (Å²) in [6, 6.07) is 12.7. The van der Waals surface area contributed by atoms with Crippen molar-refractivity contribution in [2.45, 2.75) is 24.9 Å². The number of benzene rings is 1. The summed E-state index contributed by atoms with van der Waals surface area (Å²) in [7, 11) is 0. The maximum Gasteiger partial charge on any atom is 0.158 e. The molecule has 0 amide bonds. The molecule has 4 aromatic heterocycles. The average molecular weight is 426 g/mol. The monoisotopic (exact) mass is 426 g/mol. The van der Waals surface area contributed by atoms with Crippen LogP contribution >= 0.6 is 0 Å². The van der Waals surface area contributed by atoms with Crippen LogP contribution in [0.25, 0.3) is 39.1 Å². The number of fused-ring (bicyclic) bond motifs is 2. The highest BCUT2D eigenvalue weighted by Gasteiger charge is 2.32. The minimum Gasteiger partial charge on any atom is -0.393 e. The third-order valence-electron chi connectivity index (χ3n) is 6.06. The van der Waals surface area contributed by atoms with Gasteiger partial charge in [-0.15, -0.1) is 0 Å². The second kappa shape index (κ2) is 7.06. The van der Waals surface area contributed by atoms with Crippen LogP contribution in [0, 0.1) is 5.82 Å². The van der Waals surface area contributed by atoms with Crippen molar-refractivity contribution < 1.29 is 9.50 Å². The maximum atomic E-state index is 15.7. The van der Waals surface area contributed by atoms with E-state index < -0.39 is 5.82 Å². The molecule has 0 bridgehead atoms. The molecule has 7 nitrogen and oxygen atoms in total. The lowest BCUT2D eigenvalue weighted by molar-refractivity contribution is 0.0715. The zero-order valence-electron chi connectivity index (χ0n) is 17.0. The number of aromatic nitrogens is 5. The van der Waals surface area contributed by atoms with Gasteiger partial charge in [0.25, 0.3) is 0 Å². The number of hydrogen-bond donors (Lipinski definition) is 2. The first-order chi connectivity index (χ1) is 15.6.